The second-order valence-electron chi connectivity index (χ2n) is 12.2. The second kappa shape index (κ2) is 26.2. The molecule has 0 aliphatic heterocycles. The Morgan fingerprint density at radius 2 is 1.82 bits per heavy atom. The molecule has 3 aromatic rings. The molecular weight excluding hydrogens is 732 g/mol. The molecule has 1 heterocycles. The van der Waals surface area contributed by atoms with Crippen molar-refractivity contribution in [3.8, 4) is 11.8 Å². The number of hydrogen-bond acceptors (Lipinski definition) is 12. The lowest BCUT2D eigenvalue weighted by atomic mass is 10.0. The van der Waals surface area contributed by atoms with Crippen LogP contribution in [0.1, 0.15) is 53.2 Å². The molecule has 0 saturated carbocycles. The van der Waals surface area contributed by atoms with Crippen LogP contribution in [0.5, 0.6) is 0 Å². The van der Waals surface area contributed by atoms with Gasteiger partial charge in [0.2, 0.25) is 0 Å². The van der Waals surface area contributed by atoms with E-state index >= 15 is 0 Å². The molecule has 0 unspecified atom stereocenters. The van der Waals surface area contributed by atoms with Crippen molar-refractivity contribution < 1.29 is 24.2 Å². The number of ether oxygens (including phenoxy) is 2. The van der Waals surface area contributed by atoms with Crippen LogP contribution < -0.4 is 11.1 Å². The maximum Gasteiger partial charge on any atom is 0.153 e. The molecule has 0 spiro atoms. The van der Waals surface area contributed by atoms with Crippen molar-refractivity contribution in [3.63, 3.8) is 0 Å². The van der Waals surface area contributed by atoms with E-state index in [4.69, 9.17) is 37.2 Å². The summed E-state index contributed by atoms with van der Waals surface area (Å²) in [6.07, 6.45) is 8.77. The quantitative estimate of drug-likeness (QED) is 0.0183. The number of benzene rings is 2. The fraction of sp³-hybridized carbons (Fsp3) is 0.333. The summed E-state index contributed by atoms with van der Waals surface area (Å²) in [6.45, 7) is 9.45. The zero-order valence-corrected chi connectivity index (χ0v) is 33.6. The Kier molecular flexibility index (Phi) is 21.8. The Hall–Kier alpha value is -5.65. The van der Waals surface area contributed by atoms with E-state index in [1.807, 2.05) is 30.1 Å². The third-order valence-electron chi connectivity index (χ3n) is 8.11. The van der Waals surface area contributed by atoms with Gasteiger partial charge in [-0.2, -0.15) is 0 Å². The maximum absolute atomic E-state index is 12.3. The van der Waals surface area contributed by atoms with Gasteiger partial charge in [0.05, 0.1) is 42.3 Å². The Morgan fingerprint density at radius 3 is 2.45 bits per heavy atom. The Bertz CT molecular complexity index is 1910. The van der Waals surface area contributed by atoms with E-state index in [0.717, 1.165) is 44.4 Å². The lowest BCUT2D eigenvalue weighted by Crippen LogP contribution is -2.32. The van der Waals surface area contributed by atoms with Gasteiger partial charge in [0.1, 0.15) is 35.8 Å². The SMILES string of the molecule is C=C/C(=C\C(O)=C/C)C(=N)c1c(N)ncnc1NCC(=Nc1cccc(C#CCCCC=O)c1C=O)N(C)Cc1ccccc1Cl.COCCN(C)CCOC. The first kappa shape index (κ1) is 46.5. The molecule has 298 valence electrons. The molecule has 13 nitrogen and oxygen atoms in total. The monoisotopic (exact) mass is 784 g/mol. The van der Waals surface area contributed by atoms with Crippen LogP contribution in [0.3, 0.4) is 0 Å². The van der Waals surface area contributed by atoms with Crippen LogP contribution in [0.25, 0.3) is 0 Å². The Balaban J connectivity index is 0.000000949. The normalized spacial score (nSPS) is 11.5. The zero-order valence-electron chi connectivity index (χ0n) is 32.8. The average molecular weight is 785 g/mol. The number of carbonyl (C=O) groups excluding carboxylic acids is 2. The molecule has 5 N–H and O–H groups in total. The van der Waals surface area contributed by atoms with Crippen molar-refractivity contribution in [2.24, 2.45) is 4.99 Å². The van der Waals surface area contributed by atoms with Crippen LogP contribution in [0.15, 0.2) is 89.9 Å². The summed E-state index contributed by atoms with van der Waals surface area (Å²) in [5, 5.41) is 22.7. The highest BCUT2D eigenvalue weighted by Crippen LogP contribution is 2.25. The van der Waals surface area contributed by atoms with E-state index < -0.39 is 0 Å². The van der Waals surface area contributed by atoms with Gasteiger partial charge in [-0.3, -0.25) is 10.2 Å². The molecule has 56 heavy (non-hydrogen) atoms. The first-order valence-electron chi connectivity index (χ1n) is 17.9. The average Bonchev–Trinajstić information content (AvgIpc) is 3.20. The van der Waals surface area contributed by atoms with Gasteiger partial charge < -0.3 is 40.2 Å². The van der Waals surface area contributed by atoms with Crippen molar-refractivity contribution in [2.45, 2.75) is 32.7 Å². The highest BCUT2D eigenvalue weighted by molar-refractivity contribution is 6.31. The van der Waals surface area contributed by atoms with Crippen molar-refractivity contribution in [2.75, 3.05) is 72.2 Å². The number of nitrogen functional groups attached to an aromatic ring is 1. The number of allylic oxidation sites excluding steroid dienone is 4. The van der Waals surface area contributed by atoms with Crippen LogP contribution in [-0.2, 0) is 20.8 Å². The molecule has 0 fully saturated rings. The molecule has 0 aliphatic rings. The smallest absolute Gasteiger partial charge is 0.153 e. The Morgan fingerprint density at radius 1 is 1.11 bits per heavy atom. The van der Waals surface area contributed by atoms with Gasteiger partial charge in [-0.1, -0.05) is 60.4 Å². The number of amidine groups is 1. The third-order valence-corrected chi connectivity index (χ3v) is 8.47. The minimum absolute atomic E-state index is 0.0425. The number of aliphatic imine (C=N–C) groups is 1. The number of anilines is 2. The number of nitrogens with one attached hydrogen (secondary N) is 2. The van der Waals surface area contributed by atoms with Gasteiger partial charge in [0, 0.05) is 69.9 Å². The number of nitrogens with two attached hydrogens (primary N) is 1. The number of unbranched alkanes of at least 4 members (excludes halogenated alkanes) is 2. The largest absolute Gasteiger partial charge is 0.508 e. The van der Waals surface area contributed by atoms with Crippen LogP contribution in [0.4, 0.5) is 17.3 Å². The van der Waals surface area contributed by atoms with Crippen molar-refractivity contribution in [3.05, 3.63) is 112 Å². The molecule has 3 rings (SSSR count). The summed E-state index contributed by atoms with van der Waals surface area (Å²) in [5.74, 6) is 6.84. The van der Waals surface area contributed by atoms with E-state index in [1.54, 1.807) is 45.4 Å². The number of rotatable bonds is 20. The number of likely N-dealkylation sites (N-methyl/N-ethyl adjacent to an activating group) is 2. The standard InChI is InChI=1S/C35H36ClN7O3.C7H17NO2/c1-4-24(19-27(46)5-2)33(37)32-34(38)40-23-41-35(32)39-20-31(43(3)21-26-14-9-10-16-29(26)36)42-30-17-12-15-25(28(30)22-45)13-8-6-7-11-18-44;1-8(4-6-9-2)5-7-10-3/h4-5,9-10,12,14-19,22-23,37,46H,1,6-7,11,20-21H2,2-3H3,(H3,38,39,40,41);4-7H2,1-3H3/b24-19+,27-5+,37-33?,42-31?;. The molecule has 0 atom stereocenters. The highest BCUT2D eigenvalue weighted by Gasteiger charge is 2.19. The molecule has 0 saturated heterocycles. The number of aliphatic hydroxyl groups excluding tert-OH is 1. The molecule has 0 aliphatic carbocycles. The summed E-state index contributed by atoms with van der Waals surface area (Å²) in [6, 6.07) is 12.7. The number of methoxy groups -OCH3 is 2. The van der Waals surface area contributed by atoms with Crippen molar-refractivity contribution >= 4 is 53.0 Å². The fourth-order valence-electron chi connectivity index (χ4n) is 4.86. The molecule has 1 aromatic heterocycles. The van der Waals surface area contributed by atoms with E-state index in [0.29, 0.717) is 59.1 Å². The maximum atomic E-state index is 12.3. The number of halogens is 1. The molecular formula is C42H53ClN8O5. The lowest BCUT2D eigenvalue weighted by Gasteiger charge is -2.23. The summed E-state index contributed by atoms with van der Waals surface area (Å²) >= 11 is 6.47. The zero-order chi connectivity index (χ0) is 41.3. The molecule has 0 bridgehead atoms. The second-order valence-corrected chi connectivity index (χ2v) is 12.6. The first-order valence-corrected chi connectivity index (χ1v) is 18.2. The minimum Gasteiger partial charge on any atom is -0.508 e. The molecule has 2 aromatic carbocycles. The summed E-state index contributed by atoms with van der Waals surface area (Å²) in [4.78, 5) is 40.2. The van der Waals surface area contributed by atoms with Gasteiger partial charge in [0.15, 0.2) is 6.29 Å². The van der Waals surface area contributed by atoms with Gasteiger partial charge in [0.25, 0.3) is 0 Å². The number of hydrogen-bond donors (Lipinski definition) is 4. The Labute approximate surface area is 335 Å². The van der Waals surface area contributed by atoms with Crippen LogP contribution in [0.2, 0.25) is 5.02 Å². The van der Waals surface area contributed by atoms with E-state index in [9.17, 15) is 14.7 Å². The number of aromatic nitrogens is 2. The predicted octanol–water partition coefficient (Wildman–Crippen LogP) is 6.67. The third kappa shape index (κ3) is 15.6. The highest BCUT2D eigenvalue weighted by atomic mass is 35.5. The topological polar surface area (TPSA) is 179 Å². The minimum atomic E-state index is -0.0467. The van der Waals surface area contributed by atoms with Crippen LogP contribution >= 0.6 is 11.6 Å². The summed E-state index contributed by atoms with van der Waals surface area (Å²) < 4.78 is 9.82. The lowest BCUT2D eigenvalue weighted by molar-refractivity contribution is -0.107. The number of aldehydes is 2. The predicted molar refractivity (Wildman–Crippen MR) is 226 cm³/mol. The van der Waals surface area contributed by atoms with E-state index in [-0.39, 0.29) is 35.2 Å². The molecule has 0 radical (unpaired) electrons. The van der Waals surface area contributed by atoms with Gasteiger partial charge in [-0.25, -0.2) is 15.0 Å². The van der Waals surface area contributed by atoms with Crippen molar-refractivity contribution in [1.82, 2.24) is 19.8 Å². The fourth-order valence-corrected chi connectivity index (χ4v) is 5.05. The molecule has 0 amide bonds. The summed E-state index contributed by atoms with van der Waals surface area (Å²) in [5.41, 5.74) is 8.81. The van der Waals surface area contributed by atoms with E-state index in [2.05, 4.69) is 45.7 Å². The molecule has 14 heteroatoms. The van der Waals surface area contributed by atoms with Crippen molar-refractivity contribution in [1.29, 1.82) is 5.41 Å². The van der Waals surface area contributed by atoms with Gasteiger partial charge >= 0.3 is 0 Å². The van der Waals surface area contributed by atoms with Gasteiger partial charge in [-0.15, -0.1) is 0 Å². The first-order chi connectivity index (χ1) is 27.0. The number of aliphatic hydroxyl groups is 1. The van der Waals surface area contributed by atoms with E-state index in [1.165, 1.54) is 24.6 Å². The van der Waals surface area contributed by atoms with Crippen LogP contribution in [0, 0.1) is 17.3 Å². The number of carbonyl (C=O) groups is 2. The summed E-state index contributed by atoms with van der Waals surface area (Å²) in [7, 11) is 7.32. The van der Waals surface area contributed by atoms with Crippen LogP contribution in [-0.4, -0.2) is 110 Å². The van der Waals surface area contributed by atoms with Gasteiger partial charge in [-0.05, 0) is 56.3 Å². The number of nitrogens with zero attached hydrogens (tertiary/aromatic N) is 5.